The summed E-state index contributed by atoms with van der Waals surface area (Å²) in [6.45, 7) is 10.8. The Labute approximate surface area is 154 Å². The molecule has 26 heavy (non-hydrogen) atoms. The number of esters is 1. The van der Waals surface area contributed by atoms with Gasteiger partial charge in [-0.2, -0.15) is 5.26 Å². The number of amides is 2. The van der Waals surface area contributed by atoms with Gasteiger partial charge in [0.2, 0.25) is 0 Å². The Balaban J connectivity index is 2.77. The van der Waals surface area contributed by atoms with Crippen LogP contribution in [0, 0.1) is 11.3 Å². The summed E-state index contributed by atoms with van der Waals surface area (Å²) in [4.78, 5) is 24.6. The van der Waals surface area contributed by atoms with Crippen molar-refractivity contribution in [3.05, 3.63) is 29.8 Å². The van der Waals surface area contributed by atoms with Gasteiger partial charge in [-0.25, -0.2) is 9.59 Å². The van der Waals surface area contributed by atoms with Gasteiger partial charge in [-0.3, -0.25) is 0 Å². The molecule has 0 saturated carbocycles. The fourth-order valence-corrected chi connectivity index (χ4v) is 1.83. The SMILES string of the molecule is CC(C)(C)OCC(NC(=O)Nc1ccc(C#N)cc1)C(=O)OC(C)(C)C. The summed E-state index contributed by atoms with van der Waals surface area (Å²) in [5.74, 6) is -0.572. The number of hydrogen-bond acceptors (Lipinski definition) is 5. The van der Waals surface area contributed by atoms with E-state index in [0.717, 1.165) is 0 Å². The van der Waals surface area contributed by atoms with Crippen LogP contribution in [0.1, 0.15) is 47.1 Å². The fourth-order valence-electron chi connectivity index (χ4n) is 1.83. The predicted octanol–water partition coefficient (Wildman–Crippen LogP) is 3.21. The summed E-state index contributed by atoms with van der Waals surface area (Å²) >= 11 is 0. The minimum Gasteiger partial charge on any atom is -0.458 e. The number of carbonyl (C=O) groups is 2. The highest BCUT2D eigenvalue weighted by molar-refractivity contribution is 5.92. The lowest BCUT2D eigenvalue weighted by Gasteiger charge is -2.27. The number of benzene rings is 1. The van der Waals surface area contributed by atoms with Crippen LogP contribution >= 0.6 is 0 Å². The number of hydrogen-bond donors (Lipinski definition) is 2. The smallest absolute Gasteiger partial charge is 0.331 e. The lowest BCUT2D eigenvalue weighted by atomic mass is 10.1. The second kappa shape index (κ2) is 8.68. The maximum absolute atomic E-state index is 12.4. The minimum atomic E-state index is -0.952. The van der Waals surface area contributed by atoms with E-state index in [9.17, 15) is 9.59 Å². The molecule has 0 radical (unpaired) electrons. The van der Waals surface area contributed by atoms with Crippen molar-refractivity contribution in [2.45, 2.75) is 58.8 Å². The van der Waals surface area contributed by atoms with Crippen LogP contribution in [0.15, 0.2) is 24.3 Å². The predicted molar refractivity (Wildman–Crippen MR) is 98.6 cm³/mol. The molecule has 0 aliphatic rings. The van der Waals surface area contributed by atoms with Crippen molar-refractivity contribution in [3.8, 4) is 6.07 Å². The van der Waals surface area contributed by atoms with Gasteiger partial charge in [0.15, 0.2) is 6.04 Å². The van der Waals surface area contributed by atoms with Crippen LogP contribution in [0.2, 0.25) is 0 Å². The molecule has 2 amide bonds. The molecule has 1 rings (SSSR count). The Hall–Kier alpha value is -2.59. The van der Waals surface area contributed by atoms with E-state index >= 15 is 0 Å². The summed E-state index contributed by atoms with van der Waals surface area (Å²) < 4.78 is 11.0. The zero-order valence-electron chi connectivity index (χ0n) is 16.2. The molecule has 0 bridgehead atoms. The molecule has 0 saturated heterocycles. The zero-order valence-corrected chi connectivity index (χ0v) is 16.2. The van der Waals surface area contributed by atoms with Crippen molar-refractivity contribution in [2.75, 3.05) is 11.9 Å². The molecule has 0 aromatic heterocycles. The van der Waals surface area contributed by atoms with Crippen molar-refractivity contribution in [2.24, 2.45) is 0 Å². The average Bonchev–Trinajstić information content (AvgIpc) is 2.49. The number of anilines is 1. The Morgan fingerprint density at radius 3 is 2.12 bits per heavy atom. The molecule has 1 atom stereocenters. The molecule has 1 aromatic rings. The minimum absolute atomic E-state index is 0.0147. The first-order valence-corrected chi connectivity index (χ1v) is 8.34. The molecule has 0 fully saturated rings. The average molecular weight is 361 g/mol. The van der Waals surface area contributed by atoms with Gasteiger partial charge in [0, 0.05) is 5.69 Å². The van der Waals surface area contributed by atoms with E-state index in [4.69, 9.17) is 14.7 Å². The van der Waals surface area contributed by atoms with Gasteiger partial charge in [0.05, 0.1) is 23.8 Å². The summed E-state index contributed by atoms with van der Waals surface area (Å²) in [7, 11) is 0. The number of urea groups is 1. The zero-order chi connectivity index (χ0) is 20.0. The molecule has 0 aliphatic carbocycles. The summed E-state index contributed by atoms with van der Waals surface area (Å²) in [6.07, 6.45) is 0. The highest BCUT2D eigenvalue weighted by Gasteiger charge is 2.28. The van der Waals surface area contributed by atoms with Gasteiger partial charge in [-0.05, 0) is 65.8 Å². The van der Waals surface area contributed by atoms with Crippen molar-refractivity contribution >= 4 is 17.7 Å². The van der Waals surface area contributed by atoms with Crippen LogP contribution in [0.5, 0.6) is 0 Å². The molecule has 0 spiro atoms. The molecule has 0 heterocycles. The lowest BCUT2D eigenvalue weighted by molar-refractivity contribution is -0.160. The quantitative estimate of drug-likeness (QED) is 0.784. The van der Waals surface area contributed by atoms with Crippen molar-refractivity contribution in [1.82, 2.24) is 5.32 Å². The van der Waals surface area contributed by atoms with Crippen LogP contribution in [-0.2, 0) is 14.3 Å². The maximum Gasteiger partial charge on any atom is 0.331 e. The summed E-state index contributed by atoms with van der Waals surface area (Å²) in [5.41, 5.74) is -0.157. The van der Waals surface area contributed by atoms with Crippen LogP contribution in [0.3, 0.4) is 0 Å². The second-order valence-electron chi connectivity index (χ2n) is 7.80. The number of ether oxygens (including phenoxy) is 2. The standard InChI is InChI=1S/C19H27N3O4/c1-18(2,3)25-12-15(16(23)26-19(4,5)6)22-17(24)21-14-9-7-13(11-20)8-10-14/h7-10,15H,12H2,1-6H3,(H2,21,22,24). The van der Waals surface area contributed by atoms with Gasteiger partial charge in [0.1, 0.15) is 5.60 Å². The topological polar surface area (TPSA) is 100 Å². The van der Waals surface area contributed by atoms with Crippen LogP contribution in [0.25, 0.3) is 0 Å². The number of rotatable bonds is 5. The highest BCUT2D eigenvalue weighted by atomic mass is 16.6. The van der Waals surface area contributed by atoms with E-state index in [-0.39, 0.29) is 6.61 Å². The number of nitriles is 1. The molecular weight excluding hydrogens is 334 g/mol. The van der Waals surface area contributed by atoms with E-state index < -0.39 is 29.2 Å². The molecule has 7 heteroatoms. The molecule has 1 aromatic carbocycles. The monoisotopic (exact) mass is 361 g/mol. The Kier molecular flexibility index (Phi) is 7.16. The van der Waals surface area contributed by atoms with Gasteiger partial charge in [-0.15, -0.1) is 0 Å². The third kappa shape index (κ3) is 8.49. The van der Waals surface area contributed by atoms with Gasteiger partial charge >= 0.3 is 12.0 Å². The largest absolute Gasteiger partial charge is 0.458 e. The first kappa shape index (κ1) is 21.5. The first-order chi connectivity index (χ1) is 11.9. The molecule has 2 N–H and O–H groups in total. The Morgan fingerprint density at radius 1 is 1.08 bits per heavy atom. The van der Waals surface area contributed by atoms with Crippen LogP contribution in [0.4, 0.5) is 10.5 Å². The van der Waals surface area contributed by atoms with E-state index in [0.29, 0.717) is 11.3 Å². The Bertz CT molecular complexity index is 664. The fraction of sp³-hybridized carbons (Fsp3) is 0.526. The summed E-state index contributed by atoms with van der Waals surface area (Å²) in [6, 6.07) is 6.86. The van der Waals surface area contributed by atoms with E-state index in [1.165, 1.54) is 0 Å². The van der Waals surface area contributed by atoms with Crippen LogP contribution < -0.4 is 10.6 Å². The van der Waals surface area contributed by atoms with Crippen molar-refractivity contribution in [1.29, 1.82) is 5.26 Å². The van der Waals surface area contributed by atoms with E-state index in [1.54, 1.807) is 45.0 Å². The van der Waals surface area contributed by atoms with Gasteiger partial charge in [-0.1, -0.05) is 0 Å². The number of nitrogens with one attached hydrogen (secondary N) is 2. The molecule has 7 nitrogen and oxygen atoms in total. The molecular formula is C19H27N3O4. The van der Waals surface area contributed by atoms with E-state index in [2.05, 4.69) is 10.6 Å². The Morgan fingerprint density at radius 2 is 1.65 bits per heavy atom. The van der Waals surface area contributed by atoms with Gasteiger partial charge in [0.25, 0.3) is 0 Å². The normalized spacial score (nSPS) is 12.7. The maximum atomic E-state index is 12.4. The third-order valence-electron chi connectivity index (χ3n) is 2.95. The molecule has 0 aliphatic heterocycles. The molecule has 1 unspecified atom stereocenters. The first-order valence-electron chi connectivity index (χ1n) is 8.34. The highest BCUT2D eigenvalue weighted by Crippen LogP contribution is 2.13. The van der Waals surface area contributed by atoms with Crippen molar-refractivity contribution < 1.29 is 19.1 Å². The number of carbonyl (C=O) groups excluding carboxylic acids is 2. The third-order valence-corrected chi connectivity index (χ3v) is 2.95. The summed E-state index contributed by atoms with van der Waals surface area (Å²) in [5, 5.41) is 14.0. The van der Waals surface area contributed by atoms with E-state index in [1.807, 2.05) is 26.8 Å². The second-order valence-corrected chi connectivity index (χ2v) is 7.80. The van der Waals surface area contributed by atoms with Gasteiger partial charge < -0.3 is 20.1 Å². The lowest BCUT2D eigenvalue weighted by Crippen LogP contribution is -2.49. The molecule has 142 valence electrons. The number of nitrogens with zero attached hydrogens (tertiary/aromatic N) is 1. The van der Waals surface area contributed by atoms with Crippen molar-refractivity contribution in [3.63, 3.8) is 0 Å². The van der Waals surface area contributed by atoms with Crippen LogP contribution in [-0.4, -0.2) is 35.9 Å².